The van der Waals surface area contributed by atoms with Crippen molar-refractivity contribution < 1.29 is 63.1 Å². The van der Waals surface area contributed by atoms with Gasteiger partial charge in [-0.05, 0) is 32.1 Å². The van der Waals surface area contributed by atoms with Gasteiger partial charge in [0.15, 0.2) is 6.10 Å². The summed E-state index contributed by atoms with van der Waals surface area (Å²) in [5.74, 6) is -1.17. The third-order valence-corrected chi connectivity index (χ3v) is 11.3. The summed E-state index contributed by atoms with van der Waals surface area (Å²) in [5, 5.41) is 50.0. The molecule has 0 bridgehead atoms. The number of carbonyl (C=O) groups is 2. The quantitative estimate of drug-likeness (QED) is 0.0153. The highest BCUT2D eigenvalue weighted by Gasteiger charge is 2.51. The first-order valence-electron chi connectivity index (χ1n) is 22.1. The Labute approximate surface area is 343 Å². The van der Waals surface area contributed by atoms with Crippen LogP contribution in [0.2, 0.25) is 0 Å². The molecule has 1 saturated carbocycles. The molecular weight excluding hydrogens is 755 g/mol. The molecule has 6 unspecified atom stereocenters. The predicted molar refractivity (Wildman–Crippen MR) is 221 cm³/mol. The van der Waals surface area contributed by atoms with E-state index in [2.05, 4.69) is 26.0 Å². The molecule has 1 aliphatic carbocycles. The molecule has 1 aliphatic rings. The Morgan fingerprint density at radius 2 is 0.982 bits per heavy atom. The Hall–Kier alpha value is -1.67. The fourth-order valence-corrected chi connectivity index (χ4v) is 7.67. The maximum absolute atomic E-state index is 12.8. The van der Waals surface area contributed by atoms with E-state index >= 15 is 0 Å². The number of allylic oxidation sites excluding steroid dienone is 4. The highest BCUT2D eigenvalue weighted by molar-refractivity contribution is 7.47. The van der Waals surface area contributed by atoms with Crippen LogP contribution in [-0.4, -0.2) is 98.3 Å². The van der Waals surface area contributed by atoms with Gasteiger partial charge in [0, 0.05) is 12.8 Å². The first-order chi connectivity index (χ1) is 27.4. The van der Waals surface area contributed by atoms with Crippen LogP contribution in [0.3, 0.4) is 0 Å². The standard InChI is InChI=1S/C43H79O13P/c1-3-5-7-9-11-13-15-17-18-20-22-24-26-28-30-32-37(45)55-35(34-54-57(51,52)56-43-41(49)39(47)38(46)40(48)42(43)50)33-53-36(44)31-29-27-25-23-21-19-16-14-12-10-8-6-4-2/h20,22,26,28,35,38-43,46-50H,3-19,21,23-25,27,29-34H2,1-2H3,(H,51,52). The minimum atomic E-state index is -5.12. The summed E-state index contributed by atoms with van der Waals surface area (Å²) in [6, 6.07) is 0. The van der Waals surface area contributed by atoms with Crippen molar-refractivity contribution in [1.82, 2.24) is 0 Å². The number of esters is 2. The smallest absolute Gasteiger partial charge is 0.462 e. The molecule has 0 aromatic rings. The second-order valence-electron chi connectivity index (χ2n) is 15.6. The summed E-state index contributed by atoms with van der Waals surface area (Å²) < 4.78 is 33.4. The summed E-state index contributed by atoms with van der Waals surface area (Å²) in [7, 11) is -5.12. The summed E-state index contributed by atoms with van der Waals surface area (Å²) in [6.45, 7) is 3.24. The second kappa shape index (κ2) is 34.1. The van der Waals surface area contributed by atoms with Gasteiger partial charge in [-0.3, -0.25) is 18.6 Å². The van der Waals surface area contributed by atoms with Gasteiger partial charge in [-0.2, -0.15) is 0 Å². The van der Waals surface area contributed by atoms with E-state index in [1.54, 1.807) is 0 Å². The Kier molecular flexibility index (Phi) is 31.9. The van der Waals surface area contributed by atoms with Gasteiger partial charge in [0.2, 0.25) is 0 Å². The van der Waals surface area contributed by atoms with Crippen molar-refractivity contribution >= 4 is 19.8 Å². The average molecular weight is 835 g/mol. The van der Waals surface area contributed by atoms with Gasteiger partial charge in [-0.15, -0.1) is 0 Å². The number of rotatable bonds is 36. The number of carbonyl (C=O) groups excluding carboxylic acids is 2. The molecule has 0 aromatic carbocycles. The van der Waals surface area contributed by atoms with Crippen LogP contribution in [0.1, 0.15) is 181 Å². The van der Waals surface area contributed by atoms with Crippen LogP contribution >= 0.6 is 7.82 Å². The molecule has 13 nitrogen and oxygen atoms in total. The molecule has 14 heteroatoms. The summed E-state index contributed by atoms with van der Waals surface area (Å²) in [5.41, 5.74) is 0. The van der Waals surface area contributed by atoms with Crippen molar-refractivity contribution in [1.29, 1.82) is 0 Å². The van der Waals surface area contributed by atoms with Crippen molar-refractivity contribution in [2.45, 2.75) is 224 Å². The Morgan fingerprint density at radius 1 is 0.544 bits per heavy atom. The SMILES string of the molecule is CCCCCCCCCCC=CCC=CCCC(=O)OC(COC(=O)CCCCCCCCCCCCCCC)COP(=O)(O)OC1C(O)C(O)C(O)C(O)C1O. The van der Waals surface area contributed by atoms with Gasteiger partial charge in [-0.1, -0.05) is 160 Å². The van der Waals surface area contributed by atoms with E-state index < -0.39 is 75.7 Å². The van der Waals surface area contributed by atoms with E-state index in [-0.39, 0.29) is 12.8 Å². The lowest BCUT2D eigenvalue weighted by atomic mass is 9.85. The lowest BCUT2D eigenvalue weighted by Crippen LogP contribution is -2.64. The van der Waals surface area contributed by atoms with Crippen molar-refractivity contribution in [3.63, 3.8) is 0 Å². The van der Waals surface area contributed by atoms with Crippen LogP contribution in [0.15, 0.2) is 24.3 Å². The Bertz CT molecular complexity index is 1100. The molecule has 0 radical (unpaired) electrons. The fraction of sp³-hybridized carbons (Fsp3) is 0.860. The maximum Gasteiger partial charge on any atom is 0.472 e. The number of hydrogen-bond donors (Lipinski definition) is 6. The van der Waals surface area contributed by atoms with Crippen LogP contribution in [0.4, 0.5) is 0 Å². The van der Waals surface area contributed by atoms with Crippen molar-refractivity contribution in [3.8, 4) is 0 Å². The van der Waals surface area contributed by atoms with Crippen molar-refractivity contribution in [2.75, 3.05) is 13.2 Å². The molecule has 0 aromatic heterocycles. The van der Waals surface area contributed by atoms with Gasteiger partial charge < -0.3 is 39.9 Å². The number of unbranched alkanes of at least 4 members (excludes halogenated alkanes) is 20. The zero-order valence-electron chi connectivity index (χ0n) is 35.1. The van der Waals surface area contributed by atoms with Crippen LogP contribution in [0, 0.1) is 0 Å². The van der Waals surface area contributed by atoms with Gasteiger partial charge in [0.25, 0.3) is 0 Å². The molecule has 0 amide bonds. The normalized spacial score (nSPS) is 22.9. The van der Waals surface area contributed by atoms with E-state index in [1.807, 2.05) is 12.2 Å². The van der Waals surface area contributed by atoms with E-state index in [1.165, 1.54) is 109 Å². The molecular formula is C43H79O13P. The molecule has 0 saturated heterocycles. The zero-order valence-corrected chi connectivity index (χ0v) is 36.0. The number of phosphoric acid groups is 1. The molecule has 1 rings (SSSR count). The first-order valence-corrected chi connectivity index (χ1v) is 23.6. The molecule has 1 fully saturated rings. The van der Waals surface area contributed by atoms with Crippen LogP contribution in [0.5, 0.6) is 0 Å². The Balaban J connectivity index is 2.52. The second-order valence-corrected chi connectivity index (χ2v) is 17.0. The lowest BCUT2D eigenvalue weighted by molar-refractivity contribution is -0.220. The molecule has 334 valence electrons. The largest absolute Gasteiger partial charge is 0.472 e. The predicted octanol–water partition coefficient (Wildman–Crippen LogP) is 8.06. The maximum atomic E-state index is 12.8. The van der Waals surface area contributed by atoms with E-state index in [0.29, 0.717) is 12.8 Å². The summed E-state index contributed by atoms with van der Waals surface area (Å²) >= 11 is 0. The molecule has 0 aliphatic heterocycles. The number of hydrogen-bond acceptors (Lipinski definition) is 12. The van der Waals surface area contributed by atoms with Crippen molar-refractivity contribution in [3.05, 3.63) is 24.3 Å². The van der Waals surface area contributed by atoms with Crippen molar-refractivity contribution in [2.24, 2.45) is 0 Å². The minimum Gasteiger partial charge on any atom is -0.462 e. The van der Waals surface area contributed by atoms with Gasteiger partial charge in [-0.25, -0.2) is 4.57 Å². The van der Waals surface area contributed by atoms with E-state index in [4.69, 9.17) is 18.5 Å². The molecule has 0 heterocycles. The monoisotopic (exact) mass is 835 g/mol. The van der Waals surface area contributed by atoms with Crippen LogP contribution in [-0.2, 0) is 32.7 Å². The number of ether oxygens (including phenoxy) is 2. The molecule has 0 spiro atoms. The van der Waals surface area contributed by atoms with E-state index in [0.717, 1.165) is 32.1 Å². The van der Waals surface area contributed by atoms with Gasteiger partial charge in [0.1, 0.15) is 43.2 Å². The topological polar surface area (TPSA) is 210 Å². The first kappa shape index (κ1) is 53.3. The third kappa shape index (κ3) is 26.9. The third-order valence-electron chi connectivity index (χ3n) is 10.3. The summed E-state index contributed by atoms with van der Waals surface area (Å²) in [4.78, 5) is 35.6. The fourth-order valence-electron chi connectivity index (χ4n) is 6.69. The molecule has 57 heavy (non-hydrogen) atoms. The highest BCUT2D eigenvalue weighted by atomic mass is 31.2. The Morgan fingerprint density at radius 3 is 1.49 bits per heavy atom. The van der Waals surface area contributed by atoms with Gasteiger partial charge >= 0.3 is 19.8 Å². The zero-order chi connectivity index (χ0) is 42.2. The molecule has 6 atom stereocenters. The number of phosphoric ester groups is 1. The molecule has 6 N–H and O–H groups in total. The lowest BCUT2D eigenvalue weighted by Gasteiger charge is -2.41. The van der Waals surface area contributed by atoms with Crippen LogP contribution < -0.4 is 0 Å². The number of aliphatic hydroxyl groups is 5. The summed E-state index contributed by atoms with van der Waals surface area (Å²) in [6.07, 6.45) is 22.6. The minimum absolute atomic E-state index is 0.00623. The number of aliphatic hydroxyl groups excluding tert-OH is 5. The van der Waals surface area contributed by atoms with Gasteiger partial charge in [0.05, 0.1) is 6.61 Å². The van der Waals surface area contributed by atoms with E-state index in [9.17, 15) is 44.6 Å². The highest BCUT2D eigenvalue weighted by Crippen LogP contribution is 2.47. The van der Waals surface area contributed by atoms with Crippen LogP contribution in [0.25, 0.3) is 0 Å². The average Bonchev–Trinajstić information content (AvgIpc) is 3.19.